The quantitative estimate of drug-likeness (QED) is 0.356. The van der Waals surface area contributed by atoms with Crippen molar-refractivity contribution in [2.75, 3.05) is 13.2 Å². The maximum Gasteiger partial charge on any atom is 0.237 e. The molecule has 4 N–H and O–H groups in total. The van der Waals surface area contributed by atoms with Gasteiger partial charge in [0.2, 0.25) is 11.8 Å². The number of nitrogens with one attached hydrogen (secondary N) is 2. The summed E-state index contributed by atoms with van der Waals surface area (Å²) in [5, 5.41) is 6.05. The zero-order chi connectivity index (χ0) is 25.8. The lowest BCUT2D eigenvalue weighted by Gasteiger charge is -2.24. The minimum absolute atomic E-state index is 0.101. The predicted molar refractivity (Wildman–Crippen MR) is 142 cm³/mol. The highest BCUT2D eigenvalue weighted by Crippen LogP contribution is 2.21. The molecule has 0 aliphatic rings. The molecular weight excluding hydrogens is 438 g/mol. The van der Waals surface area contributed by atoms with Crippen molar-refractivity contribution >= 4 is 11.8 Å². The van der Waals surface area contributed by atoms with Crippen molar-refractivity contribution in [3.8, 4) is 5.75 Å². The van der Waals surface area contributed by atoms with Gasteiger partial charge < -0.3 is 21.1 Å². The number of carbonyl (C=O) groups excluding carboxylic acids is 2. The van der Waals surface area contributed by atoms with Crippen molar-refractivity contribution < 1.29 is 14.3 Å². The minimum atomic E-state index is -0.574. The number of hydrogen-bond donors (Lipinski definition) is 3. The van der Waals surface area contributed by atoms with Gasteiger partial charge in [-0.1, -0.05) is 76.6 Å². The molecule has 0 spiro atoms. The number of rotatable bonds is 14. The lowest BCUT2D eigenvalue weighted by Crippen LogP contribution is -2.45. The molecule has 0 aliphatic carbocycles. The molecule has 0 bridgehead atoms. The van der Waals surface area contributed by atoms with Crippen molar-refractivity contribution in [1.29, 1.82) is 0 Å². The van der Waals surface area contributed by atoms with Gasteiger partial charge in [0.1, 0.15) is 5.75 Å². The first-order chi connectivity index (χ1) is 16.7. The molecule has 0 radical (unpaired) electrons. The Labute approximate surface area is 211 Å². The van der Waals surface area contributed by atoms with E-state index in [0.29, 0.717) is 24.9 Å². The second-order valence-corrected chi connectivity index (χ2v) is 9.95. The number of benzene rings is 2. The van der Waals surface area contributed by atoms with Gasteiger partial charge in [-0.05, 0) is 54.9 Å². The van der Waals surface area contributed by atoms with Crippen LogP contribution in [0.1, 0.15) is 77.0 Å². The molecule has 2 rings (SSSR count). The van der Waals surface area contributed by atoms with Crippen LogP contribution in [-0.2, 0) is 9.59 Å². The molecule has 6 heteroatoms. The summed E-state index contributed by atoms with van der Waals surface area (Å²) in [6, 6.07) is 16.4. The maximum absolute atomic E-state index is 13.1. The Hall–Kier alpha value is -2.86. The molecule has 2 amide bonds. The van der Waals surface area contributed by atoms with E-state index >= 15 is 0 Å². The fraction of sp³-hybridized carbons (Fsp3) is 0.517. The summed E-state index contributed by atoms with van der Waals surface area (Å²) in [5.74, 6) is 0.985. The van der Waals surface area contributed by atoms with Gasteiger partial charge in [0.15, 0.2) is 0 Å². The lowest BCUT2D eigenvalue weighted by molar-refractivity contribution is -0.125. The molecule has 192 valence electrons. The molecular formula is C29H43N3O3. The molecule has 4 unspecified atom stereocenters. The first-order valence-corrected chi connectivity index (χ1v) is 12.8. The van der Waals surface area contributed by atoms with E-state index in [4.69, 9.17) is 10.5 Å². The fourth-order valence-corrected chi connectivity index (χ4v) is 4.00. The molecule has 0 heterocycles. The fourth-order valence-electron chi connectivity index (χ4n) is 4.00. The number of carbonyl (C=O) groups is 2. The second kappa shape index (κ2) is 14.5. The molecule has 0 aliphatic heterocycles. The second-order valence-electron chi connectivity index (χ2n) is 9.95. The lowest BCUT2D eigenvalue weighted by atomic mass is 9.99. The van der Waals surface area contributed by atoms with Crippen LogP contribution in [0.25, 0.3) is 0 Å². The van der Waals surface area contributed by atoms with E-state index in [1.807, 2.05) is 75.4 Å². The van der Waals surface area contributed by atoms with Crippen molar-refractivity contribution in [2.24, 2.45) is 17.6 Å². The Morgan fingerprint density at radius 1 is 0.914 bits per heavy atom. The van der Waals surface area contributed by atoms with Crippen LogP contribution in [-0.4, -0.2) is 31.0 Å². The van der Waals surface area contributed by atoms with Gasteiger partial charge in [-0.25, -0.2) is 0 Å². The average Bonchev–Trinajstić information content (AvgIpc) is 2.85. The van der Waals surface area contributed by atoms with Crippen molar-refractivity contribution in [3.05, 3.63) is 65.7 Å². The summed E-state index contributed by atoms with van der Waals surface area (Å²) >= 11 is 0. The highest BCUT2D eigenvalue weighted by atomic mass is 16.5. The average molecular weight is 482 g/mol. The SMILES string of the molecule is CCCC(C)COc1ccc(C(CNC(=O)C(N)CC(C)C)NC(=O)C(C)c2ccccc2)cc1. The summed E-state index contributed by atoms with van der Waals surface area (Å²) in [5.41, 5.74) is 7.89. The topological polar surface area (TPSA) is 93.4 Å². The molecule has 4 atom stereocenters. The normalized spacial score (nSPS) is 14.6. The predicted octanol–water partition coefficient (Wildman–Crippen LogP) is 4.95. The molecule has 0 aromatic heterocycles. The van der Waals surface area contributed by atoms with Crippen LogP contribution >= 0.6 is 0 Å². The van der Waals surface area contributed by atoms with E-state index in [1.54, 1.807) is 0 Å². The van der Waals surface area contributed by atoms with Gasteiger partial charge in [0, 0.05) is 6.54 Å². The largest absolute Gasteiger partial charge is 0.493 e. The molecule has 6 nitrogen and oxygen atoms in total. The van der Waals surface area contributed by atoms with Crippen LogP contribution in [0.2, 0.25) is 0 Å². The van der Waals surface area contributed by atoms with Crippen LogP contribution in [0.15, 0.2) is 54.6 Å². The van der Waals surface area contributed by atoms with Gasteiger partial charge >= 0.3 is 0 Å². The Kier molecular flexibility index (Phi) is 11.8. The van der Waals surface area contributed by atoms with Crippen LogP contribution in [0, 0.1) is 11.8 Å². The van der Waals surface area contributed by atoms with Gasteiger partial charge in [0.05, 0.1) is 24.6 Å². The smallest absolute Gasteiger partial charge is 0.237 e. The van der Waals surface area contributed by atoms with E-state index in [-0.39, 0.29) is 24.3 Å². The van der Waals surface area contributed by atoms with Crippen molar-refractivity contribution in [1.82, 2.24) is 10.6 Å². The summed E-state index contributed by atoms with van der Waals surface area (Å²) in [6.07, 6.45) is 2.87. The van der Waals surface area contributed by atoms with Crippen molar-refractivity contribution in [3.63, 3.8) is 0 Å². The Bertz CT molecular complexity index is 899. The molecule has 0 saturated carbocycles. The van der Waals surface area contributed by atoms with E-state index in [1.165, 1.54) is 0 Å². The van der Waals surface area contributed by atoms with Crippen LogP contribution < -0.4 is 21.1 Å². The van der Waals surface area contributed by atoms with Gasteiger partial charge in [0.25, 0.3) is 0 Å². The van der Waals surface area contributed by atoms with Crippen LogP contribution in [0.5, 0.6) is 5.75 Å². The maximum atomic E-state index is 13.1. The standard InChI is InChI=1S/C29H43N3O3/c1-6-10-21(4)19-35-25-15-13-24(14-16-25)27(18-31-29(34)26(30)17-20(2)3)32-28(33)22(5)23-11-8-7-9-12-23/h7-9,11-16,20-22,26-27H,6,10,17-19,30H2,1-5H3,(H,31,34)(H,32,33). The van der Waals surface area contributed by atoms with Crippen LogP contribution in [0.4, 0.5) is 0 Å². The highest BCUT2D eigenvalue weighted by Gasteiger charge is 2.22. The molecule has 35 heavy (non-hydrogen) atoms. The third-order valence-electron chi connectivity index (χ3n) is 6.15. The van der Waals surface area contributed by atoms with E-state index < -0.39 is 12.1 Å². The summed E-state index contributed by atoms with van der Waals surface area (Å²) in [7, 11) is 0. The monoisotopic (exact) mass is 481 g/mol. The summed E-state index contributed by atoms with van der Waals surface area (Å²) < 4.78 is 5.93. The summed E-state index contributed by atoms with van der Waals surface area (Å²) in [4.78, 5) is 25.6. The Morgan fingerprint density at radius 2 is 1.57 bits per heavy atom. The Morgan fingerprint density at radius 3 is 2.17 bits per heavy atom. The third kappa shape index (κ3) is 9.73. The third-order valence-corrected chi connectivity index (χ3v) is 6.15. The molecule has 0 fully saturated rings. The molecule has 2 aromatic rings. The van der Waals surface area contributed by atoms with Crippen molar-refractivity contribution in [2.45, 2.75) is 71.9 Å². The van der Waals surface area contributed by atoms with Gasteiger partial charge in [-0.15, -0.1) is 0 Å². The Balaban J connectivity index is 2.11. The number of nitrogens with two attached hydrogens (primary N) is 1. The van der Waals surface area contributed by atoms with Gasteiger partial charge in [-0.2, -0.15) is 0 Å². The first kappa shape index (κ1) is 28.4. The van der Waals surface area contributed by atoms with E-state index in [2.05, 4.69) is 24.5 Å². The van der Waals surface area contributed by atoms with Gasteiger partial charge in [-0.3, -0.25) is 9.59 Å². The first-order valence-electron chi connectivity index (χ1n) is 12.8. The molecule has 2 aromatic carbocycles. The highest BCUT2D eigenvalue weighted by molar-refractivity contribution is 5.84. The number of hydrogen-bond acceptors (Lipinski definition) is 4. The zero-order valence-corrected chi connectivity index (χ0v) is 21.9. The minimum Gasteiger partial charge on any atom is -0.493 e. The number of amides is 2. The zero-order valence-electron chi connectivity index (χ0n) is 21.9. The van der Waals surface area contributed by atoms with E-state index in [9.17, 15) is 9.59 Å². The number of ether oxygens (including phenoxy) is 1. The van der Waals surface area contributed by atoms with Crippen LogP contribution in [0.3, 0.4) is 0 Å². The molecule has 0 saturated heterocycles. The van der Waals surface area contributed by atoms with E-state index in [0.717, 1.165) is 29.7 Å². The summed E-state index contributed by atoms with van der Waals surface area (Å²) in [6.45, 7) is 11.2.